The summed E-state index contributed by atoms with van der Waals surface area (Å²) in [7, 11) is 0. The molecule has 106 valence electrons. The number of aryl methyl sites for hydroxylation is 1. The molecule has 0 heterocycles. The Labute approximate surface area is 120 Å². The van der Waals surface area contributed by atoms with E-state index in [-0.39, 0.29) is 0 Å². The third kappa shape index (κ3) is 3.92. The molecule has 0 unspecified atom stereocenters. The van der Waals surface area contributed by atoms with Crippen LogP contribution >= 0.6 is 0 Å². The number of ether oxygens (including phenoxy) is 1. The number of anilines is 3. The fourth-order valence-electron chi connectivity index (χ4n) is 1.99. The summed E-state index contributed by atoms with van der Waals surface area (Å²) in [6.07, 6.45) is 2.03. The SMILES string of the molecule is CCCOc1cc(N)cc(Nc2ccc(CC)cc2)c1. The first-order chi connectivity index (χ1) is 9.71. The van der Waals surface area contributed by atoms with Gasteiger partial charge in [0.15, 0.2) is 0 Å². The summed E-state index contributed by atoms with van der Waals surface area (Å²) in [6, 6.07) is 14.1. The van der Waals surface area contributed by atoms with E-state index >= 15 is 0 Å². The van der Waals surface area contributed by atoms with Gasteiger partial charge >= 0.3 is 0 Å². The van der Waals surface area contributed by atoms with Crippen LogP contribution in [-0.2, 0) is 6.42 Å². The molecule has 0 aromatic heterocycles. The van der Waals surface area contributed by atoms with E-state index < -0.39 is 0 Å². The molecule has 0 atom stereocenters. The summed E-state index contributed by atoms with van der Waals surface area (Å²) in [5.41, 5.74) is 9.93. The predicted octanol–water partition coefficient (Wildman–Crippen LogP) is 4.36. The van der Waals surface area contributed by atoms with Crippen LogP contribution in [0.4, 0.5) is 17.1 Å². The molecule has 0 aliphatic carbocycles. The molecule has 0 saturated carbocycles. The average molecular weight is 270 g/mol. The van der Waals surface area contributed by atoms with E-state index in [0.717, 1.165) is 30.0 Å². The van der Waals surface area contributed by atoms with Crippen molar-refractivity contribution in [3.05, 3.63) is 48.0 Å². The maximum atomic E-state index is 5.91. The molecule has 0 aliphatic rings. The summed E-state index contributed by atoms with van der Waals surface area (Å²) in [6.45, 7) is 4.94. The molecular formula is C17H22N2O. The highest BCUT2D eigenvalue weighted by Crippen LogP contribution is 2.25. The Morgan fingerprint density at radius 3 is 2.40 bits per heavy atom. The molecule has 3 heteroatoms. The van der Waals surface area contributed by atoms with Crippen LogP contribution in [0.15, 0.2) is 42.5 Å². The van der Waals surface area contributed by atoms with Gasteiger partial charge in [0.25, 0.3) is 0 Å². The van der Waals surface area contributed by atoms with Crippen molar-refractivity contribution >= 4 is 17.1 Å². The van der Waals surface area contributed by atoms with Crippen LogP contribution in [0, 0.1) is 0 Å². The largest absolute Gasteiger partial charge is 0.493 e. The Bertz CT molecular complexity index is 549. The quantitative estimate of drug-likeness (QED) is 0.766. The molecular weight excluding hydrogens is 248 g/mol. The van der Waals surface area contributed by atoms with Gasteiger partial charge in [-0.2, -0.15) is 0 Å². The number of nitrogens with two attached hydrogens (primary N) is 1. The van der Waals surface area contributed by atoms with E-state index in [2.05, 4.69) is 43.4 Å². The highest BCUT2D eigenvalue weighted by Gasteiger charge is 2.01. The normalized spacial score (nSPS) is 10.3. The topological polar surface area (TPSA) is 47.3 Å². The minimum Gasteiger partial charge on any atom is -0.493 e. The lowest BCUT2D eigenvalue weighted by Gasteiger charge is -2.11. The Morgan fingerprint density at radius 2 is 1.75 bits per heavy atom. The van der Waals surface area contributed by atoms with Gasteiger partial charge in [0.1, 0.15) is 5.75 Å². The van der Waals surface area contributed by atoms with Gasteiger partial charge in [-0.05, 0) is 36.6 Å². The van der Waals surface area contributed by atoms with E-state index in [1.807, 2.05) is 18.2 Å². The van der Waals surface area contributed by atoms with Crippen LogP contribution in [0.5, 0.6) is 5.75 Å². The maximum absolute atomic E-state index is 5.91. The van der Waals surface area contributed by atoms with Gasteiger partial charge < -0.3 is 15.8 Å². The summed E-state index contributed by atoms with van der Waals surface area (Å²) in [4.78, 5) is 0. The summed E-state index contributed by atoms with van der Waals surface area (Å²) < 4.78 is 5.63. The third-order valence-electron chi connectivity index (χ3n) is 3.05. The monoisotopic (exact) mass is 270 g/mol. The highest BCUT2D eigenvalue weighted by molar-refractivity contribution is 5.66. The molecule has 20 heavy (non-hydrogen) atoms. The van der Waals surface area contributed by atoms with Gasteiger partial charge in [0, 0.05) is 29.2 Å². The molecule has 0 radical (unpaired) electrons. The smallest absolute Gasteiger partial charge is 0.123 e. The zero-order chi connectivity index (χ0) is 14.4. The first-order valence-electron chi connectivity index (χ1n) is 7.10. The number of nitrogen functional groups attached to an aromatic ring is 1. The molecule has 0 amide bonds. The second-order valence-electron chi connectivity index (χ2n) is 4.81. The van der Waals surface area contributed by atoms with Crippen LogP contribution in [0.1, 0.15) is 25.8 Å². The Hall–Kier alpha value is -2.16. The van der Waals surface area contributed by atoms with E-state index in [9.17, 15) is 0 Å². The van der Waals surface area contributed by atoms with E-state index in [4.69, 9.17) is 10.5 Å². The molecule has 0 fully saturated rings. The van der Waals surface area contributed by atoms with Gasteiger partial charge in [-0.25, -0.2) is 0 Å². The van der Waals surface area contributed by atoms with E-state index in [0.29, 0.717) is 12.3 Å². The van der Waals surface area contributed by atoms with Gasteiger partial charge in [-0.3, -0.25) is 0 Å². The lowest BCUT2D eigenvalue weighted by Crippen LogP contribution is -1.98. The van der Waals surface area contributed by atoms with E-state index in [1.165, 1.54) is 5.56 Å². The lowest BCUT2D eigenvalue weighted by atomic mass is 10.1. The summed E-state index contributed by atoms with van der Waals surface area (Å²) in [5.74, 6) is 0.805. The number of nitrogens with one attached hydrogen (secondary N) is 1. The standard InChI is InChI=1S/C17H22N2O/c1-3-9-20-17-11-14(18)10-16(12-17)19-15-7-5-13(4-2)6-8-15/h5-8,10-12,19H,3-4,9,18H2,1-2H3. The molecule has 0 bridgehead atoms. The highest BCUT2D eigenvalue weighted by atomic mass is 16.5. The Kier molecular flexibility index (Phi) is 4.88. The van der Waals surface area contributed by atoms with E-state index in [1.54, 1.807) is 0 Å². The first kappa shape index (κ1) is 14.3. The number of hydrogen-bond donors (Lipinski definition) is 2. The van der Waals surface area contributed by atoms with Crippen molar-refractivity contribution in [3.8, 4) is 5.75 Å². The van der Waals surface area contributed by atoms with Crippen molar-refractivity contribution in [2.24, 2.45) is 0 Å². The molecule has 3 N–H and O–H groups in total. The van der Waals surface area contributed by atoms with Crippen LogP contribution < -0.4 is 15.8 Å². The van der Waals surface area contributed by atoms with Crippen LogP contribution in [0.2, 0.25) is 0 Å². The lowest BCUT2D eigenvalue weighted by molar-refractivity contribution is 0.318. The molecule has 2 rings (SSSR count). The van der Waals surface area contributed by atoms with Crippen molar-refractivity contribution in [1.82, 2.24) is 0 Å². The average Bonchev–Trinajstić information content (AvgIpc) is 2.45. The zero-order valence-electron chi connectivity index (χ0n) is 12.1. The Balaban J connectivity index is 2.12. The van der Waals surface area contributed by atoms with Crippen molar-refractivity contribution in [1.29, 1.82) is 0 Å². The van der Waals surface area contributed by atoms with Gasteiger partial charge in [0.2, 0.25) is 0 Å². The van der Waals surface area contributed by atoms with Gasteiger partial charge in [-0.1, -0.05) is 26.0 Å². The van der Waals surface area contributed by atoms with Crippen molar-refractivity contribution in [3.63, 3.8) is 0 Å². The van der Waals surface area contributed by atoms with Crippen LogP contribution in [0.3, 0.4) is 0 Å². The summed E-state index contributed by atoms with van der Waals surface area (Å²) in [5, 5.41) is 3.35. The molecule has 2 aromatic rings. The fraction of sp³-hybridized carbons (Fsp3) is 0.294. The van der Waals surface area contributed by atoms with Crippen molar-refractivity contribution in [2.75, 3.05) is 17.7 Å². The summed E-state index contributed by atoms with van der Waals surface area (Å²) >= 11 is 0. The van der Waals surface area contributed by atoms with Gasteiger partial charge in [-0.15, -0.1) is 0 Å². The molecule has 2 aromatic carbocycles. The third-order valence-corrected chi connectivity index (χ3v) is 3.05. The minimum absolute atomic E-state index is 0.700. The predicted molar refractivity (Wildman–Crippen MR) is 85.7 cm³/mol. The second-order valence-corrected chi connectivity index (χ2v) is 4.81. The van der Waals surface area contributed by atoms with Crippen LogP contribution in [-0.4, -0.2) is 6.61 Å². The fourth-order valence-corrected chi connectivity index (χ4v) is 1.99. The number of benzene rings is 2. The maximum Gasteiger partial charge on any atom is 0.123 e. The molecule has 0 saturated heterocycles. The molecule has 0 spiro atoms. The number of rotatable bonds is 6. The molecule has 3 nitrogen and oxygen atoms in total. The Morgan fingerprint density at radius 1 is 1.00 bits per heavy atom. The zero-order valence-corrected chi connectivity index (χ0v) is 12.1. The number of hydrogen-bond acceptors (Lipinski definition) is 3. The van der Waals surface area contributed by atoms with Crippen LogP contribution in [0.25, 0.3) is 0 Å². The molecule has 0 aliphatic heterocycles. The van der Waals surface area contributed by atoms with Crippen molar-refractivity contribution < 1.29 is 4.74 Å². The van der Waals surface area contributed by atoms with Crippen molar-refractivity contribution in [2.45, 2.75) is 26.7 Å². The second kappa shape index (κ2) is 6.85. The van der Waals surface area contributed by atoms with Gasteiger partial charge in [0.05, 0.1) is 6.61 Å². The first-order valence-corrected chi connectivity index (χ1v) is 7.10. The minimum atomic E-state index is 0.700.